The van der Waals surface area contributed by atoms with Crippen molar-refractivity contribution in [3.05, 3.63) is 12.7 Å². The van der Waals surface area contributed by atoms with Crippen molar-refractivity contribution in [1.29, 1.82) is 0 Å². The molecule has 0 aliphatic heterocycles. The zero-order valence-electron chi connectivity index (χ0n) is 8.77. The molecule has 0 aromatic heterocycles. The molecule has 0 aliphatic rings. The molecule has 0 rings (SSSR count). The predicted molar refractivity (Wildman–Crippen MR) is 56.3 cm³/mol. The molecule has 0 fully saturated rings. The molecule has 0 saturated heterocycles. The van der Waals surface area contributed by atoms with E-state index in [9.17, 15) is 0 Å². The van der Waals surface area contributed by atoms with E-state index in [2.05, 4.69) is 38.7 Å². The fourth-order valence-electron chi connectivity index (χ4n) is 1.50. The van der Waals surface area contributed by atoms with Crippen LogP contribution in [0.4, 0.5) is 0 Å². The van der Waals surface area contributed by atoms with Crippen LogP contribution < -0.4 is 5.32 Å². The highest BCUT2D eigenvalue weighted by Crippen LogP contribution is 2.17. The molecule has 0 amide bonds. The Bertz CT molecular complexity index is 110. The summed E-state index contributed by atoms with van der Waals surface area (Å²) < 4.78 is 0. The summed E-state index contributed by atoms with van der Waals surface area (Å²) in [5.74, 6) is 1.41. The van der Waals surface area contributed by atoms with Gasteiger partial charge in [-0.05, 0) is 18.4 Å². The Labute approximate surface area is 77.2 Å². The van der Waals surface area contributed by atoms with E-state index < -0.39 is 0 Å². The molecule has 0 aromatic rings. The topological polar surface area (TPSA) is 12.0 Å². The minimum absolute atomic E-state index is 0.643. The summed E-state index contributed by atoms with van der Waals surface area (Å²) in [6, 6.07) is 0. The van der Waals surface area contributed by atoms with Gasteiger partial charge >= 0.3 is 0 Å². The van der Waals surface area contributed by atoms with E-state index in [1.54, 1.807) is 0 Å². The van der Waals surface area contributed by atoms with Gasteiger partial charge in [0, 0.05) is 6.54 Å². The average Bonchev–Trinajstić information content (AvgIpc) is 2.06. The molecule has 1 heteroatoms. The van der Waals surface area contributed by atoms with Crippen LogP contribution in [-0.4, -0.2) is 13.1 Å². The molecule has 0 aromatic carbocycles. The monoisotopic (exact) mass is 169 g/mol. The highest BCUT2D eigenvalue weighted by molar-refractivity contribution is 4.84. The van der Waals surface area contributed by atoms with E-state index in [0.717, 1.165) is 19.0 Å². The van der Waals surface area contributed by atoms with Gasteiger partial charge < -0.3 is 5.32 Å². The van der Waals surface area contributed by atoms with Crippen LogP contribution in [0.5, 0.6) is 0 Å². The Kier molecular flexibility index (Phi) is 7.17. The maximum Gasteiger partial charge on any atom is 0.00165 e. The molecule has 2 atom stereocenters. The lowest BCUT2D eigenvalue weighted by molar-refractivity contribution is 0.382. The normalized spacial score (nSPS) is 15.6. The smallest absolute Gasteiger partial charge is 0.00165 e. The Balaban J connectivity index is 3.70. The van der Waals surface area contributed by atoms with E-state index in [-0.39, 0.29) is 0 Å². The van der Waals surface area contributed by atoms with E-state index in [4.69, 9.17) is 0 Å². The highest BCUT2D eigenvalue weighted by atomic mass is 14.8. The van der Waals surface area contributed by atoms with Crippen molar-refractivity contribution in [2.75, 3.05) is 13.1 Å². The largest absolute Gasteiger partial charge is 0.316 e. The molecule has 12 heavy (non-hydrogen) atoms. The molecule has 0 saturated carbocycles. The second kappa shape index (κ2) is 7.35. The van der Waals surface area contributed by atoms with Crippen molar-refractivity contribution in [3.63, 3.8) is 0 Å². The zero-order chi connectivity index (χ0) is 9.40. The van der Waals surface area contributed by atoms with Gasteiger partial charge in [0.2, 0.25) is 0 Å². The first-order valence-electron chi connectivity index (χ1n) is 5.09. The fourth-order valence-corrected chi connectivity index (χ4v) is 1.50. The third kappa shape index (κ3) is 4.55. The molecule has 72 valence electrons. The molecule has 2 unspecified atom stereocenters. The van der Waals surface area contributed by atoms with Gasteiger partial charge in [0.15, 0.2) is 0 Å². The molecule has 0 spiro atoms. The quantitative estimate of drug-likeness (QED) is 0.578. The maximum absolute atomic E-state index is 3.88. The van der Waals surface area contributed by atoms with Crippen molar-refractivity contribution in [1.82, 2.24) is 5.32 Å². The van der Waals surface area contributed by atoms with Crippen molar-refractivity contribution in [3.8, 4) is 0 Å². The van der Waals surface area contributed by atoms with Gasteiger partial charge in [0.1, 0.15) is 0 Å². The van der Waals surface area contributed by atoms with Gasteiger partial charge in [0.05, 0.1) is 0 Å². The average molecular weight is 169 g/mol. The Morgan fingerprint density at radius 3 is 2.50 bits per heavy atom. The minimum Gasteiger partial charge on any atom is -0.316 e. The minimum atomic E-state index is 0.643. The summed E-state index contributed by atoms with van der Waals surface area (Å²) in [6.45, 7) is 12.7. The molecule has 1 N–H and O–H groups in total. The fraction of sp³-hybridized carbons (Fsp3) is 0.818. The number of rotatable bonds is 7. The third-order valence-electron chi connectivity index (χ3n) is 2.41. The first-order valence-corrected chi connectivity index (χ1v) is 5.09. The lowest BCUT2D eigenvalue weighted by Gasteiger charge is -2.20. The highest BCUT2D eigenvalue weighted by Gasteiger charge is 2.11. The second-order valence-corrected chi connectivity index (χ2v) is 3.47. The van der Waals surface area contributed by atoms with Crippen molar-refractivity contribution in [2.45, 2.75) is 33.6 Å². The summed E-state index contributed by atoms with van der Waals surface area (Å²) in [5.41, 5.74) is 0. The van der Waals surface area contributed by atoms with Crippen LogP contribution in [0.15, 0.2) is 12.7 Å². The van der Waals surface area contributed by atoms with Gasteiger partial charge in [-0.2, -0.15) is 0 Å². The van der Waals surface area contributed by atoms with E-state index in [1.807, 2.05) is 0 Å². The van der Waals surface area contributed by atoms with Crippen molar-refractivity contribution < 1.29 is 0 Å². The summed E-state index contributed by atoms with van der Waals surface area (Å²) in [6.07, 6.45) is 4.67. The Morgan fingerprint density at radius 2 is 2.08 bits per heavy atom. The first kappa shape index (κ1) is 11.7. The molecular weight excluding hydrogens is 146 g/mol. The predicted octanol–water partition coefficient (Wildman–Crippen LogP) is 2.83. The van der Waals surface area contributed by atoms with E-state index in [0.29, 0.717) is 5.92 Å². The molecule has 0 bridgehead atoms. The zero-order valence-corrected chi connectivity index (χ0v) is 8.77. The van der Waals surface area contributed by atoms with Crippen LogP contribution in [0.25, 0.3) is 0 Å². The summed E-state index contributed by atoms with van der Waals surface area (Å²) in [5, 5.41) is 3.37. The van der Waals surface area contributed by atoms with Gasteiger partial charge in [-0.25, -0.2) is 0 Å². The van der Waals surface area contributed by atoms with Gasteiger partial charge in [-0.1, -0.05) is 39.7 Å². The van der Waals surface area contributed by atoms with Crippen LogP contribution >= 0.6 is 0 Å². The van der Waals surface area contributed by atoms with Crippen LogP contribution in [0.3, 0.4) is 0 Å². The standard InChI is InChI=1S/C11H23N/c1-5-8-10(4)11(6-2)9-12-7-3/h6,10-12H,2,5,7-9H2,1,3-4H3. The van der Waals surface area contributed by atoms with Crippen LogP contribution in [0, 0.1) is 11.8 Å². The number of nitrogens with one attached hydrogen (secondary N) is 1. The summed E-state index contributed by atoms with van der Waals surface area (Å²) in [7, 11) is 0. The molecule has 0 radical (unpaired) electrons. The molecule has 1 nitrogen and oxygen atoms in total. The van der Waals surface area contributed by atoms with Crippen LogP contribution in [0.1, 0.15) is 33.6 Å². The molecular formula is C11H23N. The lowest BCUT2D eigenvalue weighted by atomic mass is 9.90. The lowest BCUT2D eigenvalue weighted by Crippen LogP contribution is -2.25. The summed E-state index contributed by atoms with van der Waals surface area (Å²) >= 11 is 0. The van der Waals surface area contributed by atoms with Crippen LogP contribution in [0.2, 0.25) is 0 Å². The van der Waals surface area contributed by atoms with Gasteiger partial charge in [0.25, 0.3) is 0 Å². The second-order valence-electron chi connectivity index (χ2n) is 3.47. The Morgan fingerprint density at radius 1 is 1.42 bits per heavy atom. The Hall–Kier alpha value is -0.300. The van der Waals surface area contributed by atoms with Crippen molar-refractivity contribution >= 4 is 0 Å². The third-order valence-corrected chi connectivity index (χ3v) is 2.41. The molecule has 0 aliphatic carbocycles. The van der Waals surface area contributed by atoms with Crippen molar-refractivity contribution in [2.24, 2.45) is 11.8 Å². The SMILES string of the molecule is C=CC(CNCC)C(C)CCC. The maximum atomic E-state index is 3.88. The van der Waals surface area contributed by atoms with E-state index >= 15 is 0 Å². The summed E-state index contributed by atoms with van der Waals surface area (Å²) in [4.78, 5) is 0. The molecule has 0 heterocycles. The van der Waals surface area contributed by atoms with E-state index in [1.165, 1.54) is 12.8 Å². The number of hydrogen-bond acceptors (Lipinski definition) is 1. The first-order chi connectivity index (χ1) is 5.76. The van der Waals surface area contributed by atoms with Gasteiger partial charge in [-0.3, -0.25) is 0 Å². The van der Waals surface area contributed by atoms with Gasteiger partial charge in [-0.15, -0.1) is 6.58 Å². The van der Waals surface area contributed by atoms with Crippen LogP contribution in [-0.2, 0) is 0 Å². The number of hydrogen-bond donors (Lipinski definition) is 1.